The lowest BCUT2D eigenvalue weighted by Crippen LogP contribution is -2.28. The number of aliphatic hydroxyl groups is 2. The molecule has 3 N–H and O–H groups in total. The maximum absolute atomic E-state index is 12.4. The highest BCUT2D eigenvalue weighted by atomic mass is 31.2. The van der Waals surface area contributed by atoms with E-state index in [4.69, 9.17) is 18.5 Å². The summed E-state index contributed by atoms with van der Waals surface area (Å²) < 4.78 is 32.7. The number of carbonyl (C=O) groups is 2. The fourth-order valence-corrected chi connectivity index (χ4v) is 7.31. The number of allylic oxidation sites excluding steroid dienone is 8. The van der Waals surface area contributed by atoms with Gasteiger partial charge in [0.15, 0.2) is 0 Å². The fraction of sp³-hybridized carbons (Fsp3) is 0.796. The molecule has 0 aromatic heterocycles. The summed E-state index contributed by atoms with van der Waals surface area (Å²) in [7, 11) is -4.65. The van der Waals surface area contributed by atoms with Crippen molar-refractivity contribution in [1.29, 1.82) is 0 Å². The van der Waals surface area contributed by atoms with E-state index in [0.29, 0.717) is 12.8 Å². The number of hydrogen-bond acceptors (Lipinski definition) is 9. The average molecular weight is 869 g/mol. The second-order valence-electron chi connectivity index (χ2n) is 16.1. The SMILES string of the molecule is CCCCC/C=C\C/C=C\C/C=C\CCCCCCCCC(=O)OC(CO)COP(=O)(O)OCC(CO)OC(=O)CCCCCCCCC/C=C\CCCCCCCCC. The highest BCUT2D eigenvalue weighted by Gasteiger charge is 2.27. The van der Waals surface area contributed by atoms with E-state index in [-0.39, 0.29) is 12.8 Å². The molecule has 60 heavy (non-hydrogen) atoms. The predicted molar refractivity (Wildman–Crippen MR) is 247 cm³/mol. The van der Waals surface area contributed by atoms with Crippen LogP contribution in [0.1, 0.15) is 213 Å². The first-order valence-corrected chi connectivity index (χ1v) is 25.6. The molecule has 3 unspecified atom stereocenters. The van der Waals surface area contributed by atoms with Crippen molar-refractivity contribution in [2.75, 3.05) is 26.4 Å². The zero-order valence-corrected chi connectivity index (χ0v) is 39.1. The molecule has 0 aliphatic carbocycles. The third-order valence-electron chi connectivity index (χ3n) is 10.3. The van der Waals surface area contributed by atoms with Gasteiger partial charge in [0.05, 0.1) is 26.4 Å². The van der Waals surface area contributed by atoms with E-state index in [1.807, 2.05) is 0 Å². The van der Waals surface area contributed by atoms with Gasteiger partial charge in [0, 0.05) is 12.8 Å². The van der Waals surface area contributed by atoms with Gasteiger partial charge in [0.25, 0.3) is 0 Å². The van der Waals surface area contributed by atoms with E-state index in [0.717, 1.165) is 77.0 Å². The summed E-state index contributed by atoms with van der Waals surface area (Å²) in [5, 5.41) is 19.2. The average Bonchev–Trinajstić information content (AvgIpc) is 3.24. The molecule has 0 aliphatic heterocycles. The summed E-state index contributed by atoms with van der Waals surface area (Å²) >= 11 is 0. The Balaban J connectivity index is 3.90. The van der Waals surface area contributed by atoms with Crippen LogP contribution in [0.2, 0.25) is 0 Å². The molecule has 0 heterocycles. The number of unbranched alkanes of at least 4 members (excludes halogenated alkanes) is 23. The van der Waals surface area contributed by atoms with Crippen LogP contribution in [0.4, 0.5) is 0 Å². The van der Waals surface area contributed by atoms with Crippen molar-refractivity contribution in [1.82, 2.24) is 0 Å². The zero-order chi connectivity index (χ0) is 44.0. The molecular formula is C49H89O10P. The summed E-state index contributed by atoms with van der Waals surface area (Å²) in [5.41, 5.74) is 0. The molecule has 0 aromatic rings. The minimum absolute atomic E-state index is 0.176. The number of phosphoric ester groups is 1. The van der Waals surface area contributed by atoms with Crippen molar-refractivity contribution in [2.45, 2.75) is 225 Å². The molecule has 0 radical (unpaired) electrons. The standard InChI is InChI=1S/C49H89O10P/c1-3-5-7-9-11-13-15-17-19-21-23-25-27-29-31-33-35-37-39-41-49(53)59-47(43-51)45-57-60(54,55)56-44-46(42-50)58-48(52)40-38-36-34-32-30-28-26-24-22-20-18-16-14-12-10-8-6-4-2/h11,13,17,19-20,22-23,25,46-47,50-51H,3-10,12,14-16,18,21,24,26-45H2,1-2H3,(H,54,55)/b13-11-,19-17-,22-20-,25-23-. The number of carbonyl (C=O) groups excluding carboxylic acids is 2. The number of esters is 2. The number of ether oxygens (including phenoxy) is 2. The van der Waals surface area contributed by atoms with Gasteiger partial charge < -0.3 is 24.6 Å². The van der Waals surface area contributed by atoms with Crippen molar-refractivity contribution < 1.29 is 47.8 Å². The molecule has 11 heteroatoms. The Bertz CT molecular complexity index is 1140. The molecule has 3 atom stereocenters. The van der Waals surface area contributed by atoms with Crippen LogP contribution in [0.3, 0.4) is 0 Å². The smallest absolute Gasteiger partial charge is 0.457 e. The summed E-state index contributed by atoms with van der Waals surface area (Å²) in [5.74, 6) is -1.03. The molecule has 0 fully saturated rings. The van der Waals surface area contributed by atoms with Gasteiger partial charge in [-0.05, 0) is 77.0 Å². The van der Waals surface area contributed by atoms with E-state index in [1.165, 1.54) is 96.3 Å². The predicted octanol–water partition coefficient (Wildman–Crippen LogP) is 13.3. The molecule has 0 aromatic carbocycles. The quantitative estimate of drug-likeness (QED) is 0.0234. The Labute approximate surface area is 366 Å². The van der Waals surface area contributed by atoms with Gasteiger partial charge in [0.2, 0.25) is 0 Å². The van der Waals surface area contributed by atoms with Crippen molar-refractivity contribution >= 4 is 19.8 Å². The second-order valence-corrected chi connectivity index (χ2v) is 17.5. The molecule has 0 rings (SSSR count). The van der Waals surface area contributed by atoms with Crippen LogP contribution < -0.4 is 0 Å². The first-order chi connectivity index (χ1) is 29.3. The Morgan fingerprint density at radius 1 is 0.450 bits per heavy atom. The lowest BCUT2D eigenvalue weighted by molar-refractivity contribution is -0.153. The third kappa shape index (κ3) is 42.6. The summed E-state index contributed by atoms with van der Waals surface area (Å²) in [6.07, 6.45) is 49.3. The van der Waals surface area contributed by atoms with Crippen molar-refractivity contribution in [2.24, 2.45) is 0 Å². The van der Waals surface area contributed by atoms with Crippen LogP contribution in [0.15, 0.2) is 48.6 Å². The second kappa shape index (κ2) is 45.0. The highest BCUT2D eigenvalue weighted by molar-refractivity contribution is 7.47. The largest absolute Gasteiger partial charge is 0.472 e. The van der Waals surface area contributed by atoms with E-state index < -0.39 is 58.4 Å². The summed E-state index contributed by atoms with van der Waals surface area (Å²) in [4.78, 5) is 34.6. The van der Waals surface area contributed by atoms with Crippen molar-refractivity contribution in [3.63, 3.8) is 0 Å². The van der Waals surface area contributed by atoms with Gasteiger partial charge in [-0.25, -0.2) is 4.57 Å². The van der Waals surface area contributed by atoms with Crippen LogP contribution in [0, 0.1) is 0 Å². The minimum atomic E-state index is -4.65. The van der Waals surface area contributed by atoms with Crippen molar-refractivity contribution in [3.8, 4) is 0 Å². The Kier molecular flexibility index (Phi) is 43.4. The number of phosphoric acid groups is 1. The van der Waals surface area contributed by atoms with Gasteiger partial charge in [0.1, 0.15) is 12.2 Å². The fourth-order valence-electron chi connectivity index (χ4n) is 6.53. The normalized spacial score (nSPS) is 14.2. The number of rotatable bonds is 45. The molecule has 0 saturated carbocycles. The van der Waals surface area contributed by atoms with Gasteiger partial charge >= 0.3 is 19.8 Å². The van der Waals surface area contributed by atoms with Crippen LogP contribution in [0.5, 0.6) is 0 Å². The lowest BCUT2D eigenvalue weighted by atomic mass is 10.1. The monoisotopic (exact) mass is 869 g/mol. The first kappa shape index (κ1) is 57.9. The van der Waals surface area contributed by atoms with Crippen LogP contribution in [-0.2, 0) is 32.7 Å². The van der Waals surface area contributed by atoms with Gasteiger partial charge in [-0.2, -0.15) is 0 Å². The van der Waals surface area contributed by atoms with Gasteiger partial charge in [-0.1, -0.05) is 172 Å². The molecule has 0 spiro atoms. The maximum Gasteiger partial charge on any atom is 0.472 e. The zero-order valence-electron chi connectivity index (χ0n) is 38.2. The van der Waals surface area contributed by atoms with Gasteiger partial charge in [-0.15, -0.1) is 0 Å². The highest BCUT2D eigenvalue weighted by Crippen LogP contribution is 2.43. The van der Waals surface area contributed by atoms with Crippen LogP contribution in [-0.4, -0.2) is 65.7 Å². The van der Waals surface area contributed by atoms with E-state index in [9.17, 15) is 29.3 Å². The first-order valence-electron chi connectivity index (χ1n) is 24.1. The maximum atomic E-state index is 12.4. The van der Waals surface area contributed by atoms with Crippen LogP contribution in [0.25, 0.3) is 0 Å². The molecule has 0 amide bonds. The Morgan fingerprint density at radius 2 is 0.733 bits per heavy atom. The summed E-state index contributed by atoms with van der Waals surface area (Å²) in [6, 6.07) is 0. The van der Waals surface area contributed by atoms with E-state index in [2.05, 4.69) is 62.5 Å². The molecule has 350 valence electrons. The minimum Gasteiger partial charge on any atom is -0.457 e. The van der Waals surface area contributed by atoms with Crippen molar-refractivity contribution in [3.05, 3.63) is 48.6 Å². The summed E-state index contributed by atoms with van der Waals surface area (Å²) in [6.45, 7) is 2.18. The van der Waals surface area contributed by atoms with E-state index in [1.54, 1.807) is 0 Å². The topological polar surface area (TPSA) is 149 Å². The number of hydrogen-bond donors (Lipinski definition) is 3. The van der Waals surface area contributed by atoms with Gasteiger partial charge in [-0.3, -0.25) is 18.6 Å². The molecule has 0 bridgehead atoms. The number of aliphatic hydroxyl groups excluding tert-OH is 2. The Hall–Kier alpha value is -2.07. The van der Waals surface area contributed by atoms with E-state index >= 15 is 0 Å². The molecule has 0 saturated heterocycles. The lowest BCUT2D eigenvalue weighted by Gasteiger charge is -2.20. The molecule has 0 aliphatic rings. The molecule has 10 nitrogen and oxygen atoms in total. The molecular weight excluding hydrogens is 780 g/mol. The third-order valence-corrected chi connectivity index (χ3v) is 11.2. The Morgan fingerprint density at radius 3 is 1.10 bits per heavy atom. The van der Waals surface area contributed by atoms with Crippen LogP contribution >= 0.6 is 7.82 Å².